The van der Waals surface area contributed by atoms with Crippen molar-refractivity contribution in [2.75, 3.05) is 39.5 Å². The number of hydrogen-bond donors (Lipinski definition) is 2. The smallest absolute Gasteiger partial charge is 0.279 e. The number of likely N-dealkylation sites (N-methyl/N-ethyl adjacent to an activating group) is 2. The molecule has 0 fully saturated rings. The second-order valence-corrected chi connectivity index (χ2v) is 7.17. The normalized spacial score (nSPS) is 11.6. The van der Waals surface area contributed by atoms with Crippen LogP contribution < -0.4 is 10.2 Å². The molecule has 0 spiro atoms. The van der Waals surface area contributed by atoms with Crippen LogP contribution in [0.2, 0.25) is 0 Å². The number of rotatable bonds is 7. The Kier molecular flexibility index (Phi) is 7.03. The molecule has 0 saturated carbocycles. The number of anilines is 1. The van der Waals surface area contributed by atoms with E-state index in [0.717, 1.165) is 20.4 Å². The number of nitrogens with zero attached hydrogens (tertiary/aromatic N) is 1. The zero-order valence-electron chi connectivity index (χ0n) is 14.8. The third kappa shape index (κ3) is 6.25. The minimum Gasteiger partial charge on any atom is -0.344 e. The molecule has 0 bridgehead atoms. The number of hydrogen-bond acceptors (Lipinski definition) is 3. The average Bonchev–Trinajstić information content (AvgIpc) is 2.57. The average molecular weight is 358 g/mol. The predicted octanol–water partition coefficient (Wildman–Crippen LogP) is 1.38. The quantitative estimate of drug-likeness (QED) is 0.786. The van der Waals surface area contributed by atoms with E-state index in [1.54, 1.807) is 25.9 Å². The van der Waals surface area contributed by atoms with Crippen LogP contribution in [0.1, 0.15) is 0 Å². The largest absolute Gasteiger partial charge is 0.344 e. The van der Waals surface area contributed by atoms with Gasteiger partial charge in [-0.05, 0) is 24.3 Å². The summed E-state index contributed by atoms with van der Waals surface area (Å²) >= 11 is 1.61. The number of benzene rings is 2. The van der Waals surface area contributed by atoms with Gasteiger partial charge in [0.15, 0.2) is 13.1 Å². The molecule has 6 heteroatoms. The molecule has 2 N–H and O–H groups in total. The van der Waals surface area contributed by atoms with Crippen molar-refractivity contribution in [2.45, 2.75) is 9.79 Å². The summed E-state index contributed by atoms with van der Waals surface area (Å²) in [5.41, 5.74) is 0.785. The van der Waals surface area contributed by atoms with Crippen LogP contribution in [0.4, 0.5) is 5.69 Å². The first kappa shape index (κ1) is 19.0. The van der Waals surface area contributed by atoms with Gasteiger partial charge in [0.2, 0.25) is 0 Å². The van der Waals surface area contributed by atoms with E-state index < -0.39 is 0 Å². The number of quaternary nitrogens is 1. The Bertz CT molecular complexity index is 720. The first-order valence-corrected chi connectivity index (χ1v) is 8.90. The Morgan fingerprint density at radius 3 is 2.32 bits per heavy atom. The molecular formula is C19H24N3O2S+. The van der Waals surface area contributed by atoms with Crippen molar-refractivity contribution in [1.82, 2.24) is 4.90 Å². The van der Waals surface area contributed by atoms with Crippen molar-refractivity contribution in [2.24, 2.45) is 0 Å². The fourth-order valence-electron chi connectivity index (χ4n) is 2.22. The molecule has 0 saturated heterocycles. The predicted molar refractivity (Wildman–Crippen MR) is 101 cm³/mol. The molecule has 0 aliphatic rings. The van der Waals surface area contributed by atoms with Gasteiger partial charge in [0.1, 0.15) is 0 Å². The Balaban J connectivity index is 1.98. The van der Waals surface area contributed by atoms with Crippen LogP contribution in [0.5, 0.6) is 0 Å². The fraction of sp³-hybridized carbons (Fsp3) is 0.263. The minimum absolute atomic E-state index is 0.00494. The Hall–Kier alpha value is -2.31. The highest BCUT2D eigenvalue weighted by molar-refractivity contribution is 7.99. The van der Waals surface area contributed by atoms with Crippen LogP contribution in [0.3, 0.4) is 0 Å². The molecule has 0 aliphatic carbocycles. The highest BCUT2D eigenvalue weighted by atomic mass is 32.2. The second kappa shape index (κ2) is 9.25. The summed E-state index contributed by atoms with van der Waals surface area (Å²) < 4.78 is 0. The molecule has 25 heavy (non-hydrogen) atoms. The number of nitrogens with one attached hydrogen (secondary N) is 2. The van der Waals surface area contributed by atoms with Crippen molar-refractivity contribution in [3.8, 4) is 0 Å². The lowest BCUT2D eigenvalue weighted by Gasteiger charge is -2.17. The molecule has 1 atom stereocenters. The van der Waals surface area contributed by atoms with Crippen molar-refractivity contribution in [3.05, 3.63) is 54.6 Å². The number of amides is 2. The standard InChI is InChI=1S/C19H23N3O2S/c1-21(2)19(24)14-22(3)13-18(23)20-16-11-7-8-12-17(16)25-15-9-5-4-6-10-15/h4-12H,13-14H2,1-3H3,(H,20,23)/p+1. The van der Waals surface area contributed by atoms with Gasteiger partial charge < -0.3 is 15.1 Å². The van der Waals surface area contributed by atoms with E-state index in [2.05, 4.69) is 5.32 Å². The third-order valence-corrected chi connectivity index (χ3v) is 4.63. The molecule has 2 aromatic rings. The van der Waals surface area contributed by atoms with Crippen LogP contribution in [-0.4, -0.2) is 50.9 Å². The minimum atomic E-state index is -0.106. The van der Waals surface area contributed by atoms with Gasteiger partial charge in [0, 0.05) is 23.9 Å². The van der Waals surface area contributed by atoms with E-state index in [0.29, 0.717) is 6.54 Å². The molecule has 5 nitrogen and oxygen atoms in total. The van der Waals surface area contributed by atoms with E-state index in [1.165, 1.54) is 4.90 Å². The Morgan fingerprint density at radius 2 is 1.64 bits per heavy atom. The van der Waals surface area contributed by atoms with Crippen molar-refractivity contribution < 1.29 is 14.5 Å². The highest BCUT2D eigenvalue weighted by Crippen LogP contribution is 2.32. The molecule has 1 unspecified atom stereocenters. The Morgan fingerprint density at radius 1 is 1.00 bits per heavy atom. The molecular weight excluding hydrogens is 334 g/mol. The van der Waals surface area contributed by atoms with Crippen LogP contribution in [0.25, 0.3) is 0 Å². The van der Waals surface area contributed by atoms with Gasteiger partial charge in [-0.1, -0.05) is 42.1 Å². The lowest BCUT2D eigenvalue weighted by molar-refractivity contribution is -0.862. The lowest BCUT2D eigenvalue weighted by atomic mass is 10.3. The summed E-state index contributed by atoms with van der Waals surface area (Å²) in [4.78, 5) is 28.5. The third-order valence-electron chi connectivity index (χ3n) is 3.55. The van der Waals surface area contributed by atoms with Gasteiger partial charge in [-0.25, -0.2) is 0 Å². The van der Waals surface area contributed by atoms with E-state index in [1.807, 2.05) is 61.6 Å². The highest BCUT2D eigenvalue weighted by Gasteiger charge is 2.16. The van der Waals surface area contributed by atoms with E-state index in [-0.39, 0.29) is 18.4 Å². The monoisotopic (exact) mass is 358 g/mol. The number of carbonyl (C=O) groups excluding carboxylic acids is 2. The maximum atomic E-state index is 12.3. The topological polar surface area (TPSA) is 53.9 Å². The zero-order chi connectivity index (χ0) is 18.2. The maximum absolute atomic E-state index is 12.3. The molecule has 0 aliphatic heterocycles. The van der Waals surface area contributed by atoms with Gasteiger partial charge in [0.05, 0.1) is 12.7 Å². The van der Waals surface area contributed by atoms with Crippen molar-refractivity contribution in [1.29, 1.82) is 0 Å². The van der Waals surface area contributed by atoms with Gasteiger partial charge >= 0.3 is 0 Å². The maximum Gasteiger partial charge on any atom is 0.279 e. The zero-order valence-corrected chi connectivity index (χ0v) is 15.6. The molecule has 2 aromatic carbocycles. The summed E-state index contributed by atoms with van der Waals surface area (Å²) in [6.07, 6.45) is 0. The van der Waals surface area contributed by atoms with Crippen LogP contribution >= 0.6 is 11.8 Å². The SMILES string of the molecule is CN(C)C(=O)C[NH+](C)CC(=O)Nc1ccccc1Sc1ccccc1. The summed E-state index contributed by atoms with van der Waals surface area (Å²) in [6.45, 7) is 0.532. The van der Waals surface area contributed by atoms with Gasteiger partial charge in [0.25, 0.3) is 11.8 Å². The van der Waals surface area contributed by atoms with Gasteiger partial charge in [-0.15, -0.1) is 0 Å². The summed E-state index contributed by atoms with van der Waals surface area (Å²) in [6, 6.07) is 17.8. The molecule has 2 amide bonds. The summed E-state index contributed by atoms with van der Waals surface area (Å²) in [5.74, 6) is -0.101. The molecule has 0 radical (unpaired) electrons. The molecule has 132 valence electrons. The lowest BCUT2D eigenvalue weighted by Crippen LogP contribution is -3.11. The second-order valence-electron chi connectivity index (χ2n) is 6.06. The Labute approximate surface area is 153 Å². The van der Waals surface area contributed by atoms with Crippen LogP contribution in [-0.2, 0) is 9.59 Å². The molecule has 2 rings (SSSR count). The first-order valence-electron chi connectivity index (χ1n) is 8.09. The van der Waals surface area contributed by atoms with Gasteiger partial charge in [-0.3, -0.25) is 9.59 Å². The molecule has 0 heterocycles. The number of carbonyl (C=O) groups is 2. The van der Waals surface area contributed by atoms with Crippen LogP contribution in [0, 0.1) is 0 Å². The van der Waals surface area contributed by atoms with Crippen LogP contribution in [0.15, 0.2) is 64.4 Å². The van der Waals surface area contributed by atoms with E-state index >= 15 is 0 Å². The fourth-order valence-corrected chi connectivity index (χ4v) is 3.14. The van der Waals surface area contributed by atoms with Crippen molar-refractivity contribution in [3.63, 3.8) is 0 Å². The first-order chi connectivity index (χ1) is 12.0. The van der Waals surface area contributed by atoms with Crippen molar-refractivity contribution >= 4 is 29.3 Å². The van der Waals surface area contributed by atoms with Gasteiger partial charge in [-0.2, -0.15) is 0 Å². The summed E-state index contributed by atoms with van der Waals surface area (Å²) in [7, 11) is 5.27. The number of para-hydroxylation sites is 1. The summed E-state index contributed by atoms with van der Waals surface area (Å²) in [5, 5.41) is 2.96. The van der Waals surface area contributed by atoms with E-state index in [4.69, 9.17) is 0 Å². The van der Waals surface area contributed by atoms with E-state index in [9.17, 15) is 9.59 Å². The molecule has 0 aromatic heterocycles.